The van der Waals surface area contributed by atoms with Crippen molar-refractivity contribution >= 4 is 23.2 Å². The molecule has 4 nitrogen and oxygen atoms in total. The van der Waals surface area contributed by atoms with Gasteiger partial charge in [0.25, 0.3) is 5.91 Å². The zero-order valence-corrected chi connectivity index (χ0v) is 14.7. The number of carbonyl (C=O) groups excluding carboxylic acids is 1. The van der Waals surface area contributed by atoms with E-state index in [2.05, 4.69) is 10.2 Å². The van der Waals surface area contributed by atoms with E-state index >= 15 is 0 Å². The summed E-state index contributed by atoms with van der Waals surface area (Å²) in [5, 5.41) is 3.20. The third-order valence-corrected chi connectivity index (χ3v) is 4.59. The van der Waals surface area contributed by atoms with Gasteiger partial charge in [-0.15, -0.1) is 0 Å². The van der Waals surface area contributed by atoms with E-state index < -0.39 is 11.7 Å². The summed E-state index contributed by atoms with van der Waals surface area (Å²) in [5.74, 6) is -0.221. The molecule has 132 valence electrons. The second kappa shape index (κ2) is 7.74. The molecule has 1 N–H and O–H groups in total. The first kappa shape index (κ1) is 17.5. The monoisotopic (exact) mass is 362 g/mol. The van der Waals surface area contributed by atoms with E-state index in [1.54, 1.807) is 7.11 Å². The van der Waals surface area contributed by atoms with Gasteiger partial charge >= 0.3 is 0 Å². The number of nitrogens with zero attached hydrogens (tertiary/aromatic N) is 1. The molecule has 1 heterocycles. The summed E-state index contributed by atoms with van der Waals surface area (Å²) < 4.78 is 19.3. The number of piperidine rings is 1. The van der Waals surface area contributed by atoms with Crippen LogP contribution in [0.25, 0.3) is 0 Å². The first-order chi connectivity index (χ1) is 12.1. The van der Waals surface area contributed by atoms with E-state index in [0.717, 1.165) is 36.9 Å². The second-order valence-electron chi connectivity index (χ2n) is 6.05. The molecule has 25 heavy (non-hydrogen) atoms. The van der Waals surface area contributed by atoms with Crippen LogP contribution in [0.5, 0.6) is 5.75 Å². The van der Waals surface area contributed by atoms with Gasteiger partial charge in [0.15, 0.2) is 0 Å². The third kappa shape index (κ3) is 4.04. The SMILES string of the molecule is COc1ccccc1N1CCCC(NC(=O)c2ccc(Cl)cc2F)C1. The Labute approximate surface area is 151 Å². The van der Waals surface area contributed by atoms with E-state index in [0.29, 0.717) is 6.54 Å². The Morgan fingerprint density at radius 3 is 2.88 bits per heavy atom. The lowest BCUT2D eigenvalue weighted by molar-refractivity contribution is 0.0929. The average molecular weight is 363 g/mol. The highest BCUT2D eigenvalue weighted by Crippen LogP contribution is 2.30. The lowest BCUT2D eigenvalue weighted by Gasteiger charge is -2.35. The second-order valence-corrected chi connectivity index (χ2v) is 6.49. The predicted octanol–water partition coefficient (Wildman–Crippen LogP) is 3.89. The molecule has 0 spiro atoms. The number of para-hydroxylation sites is 2. The van der Waals surface area contributed by atoms with Crippen molar-refractivity contribution in [1.82, 2.24) is 5.32 Å². The van der Waals surface area contributed by atoms with Crippen LogP contribution in [0.1, 0.15) is 23.2 Å². The van der Waals surface area contributed by atoms with Gasteiger partial charge < -0.3 is 15.0 Å². The maximum atomic E-state index is 13.9. The Balaban J connectivity index is 1.70. The number of benzene rings is 2. The van der Waals surface area contributed by atoms with Gasteiger partial charge in [-0.1, -0.05) is 23.7 Å². The molecule has 0 radical (unpaired) electrons. The Hall–Kier alpha value is -2.27. The van der Waals surface area contributed by atoms with Crippen molar-refractivity contribution in [3.63, 3.8) is 0 Å². The van der Waals surface area contributed by atoms with Crippen molar-refractivity contribution < 1.29 is 13.9 Å². The normalized spacial score (nSPS) is 17.2. The van der Waals surface area contributed by atoms with Crippen LogP contribution in [-0.2, 0) is 0 Å². The highest BCUT2D eigenvalue weighted by atomic mass is 35.5. The lowest BCUT2D eigenvalue weighted by atomic mass is 10.0. The van der Waals surface area contributed by atoms with Crippen molar-refractivity contribution in [2.75, 3.05) is 25.1 Å². The number of methoxy groups -OCH3 is 1. The first-order valence-electron chi connectivity index (χ1n) is 8.22. The van der Waals surface area contributed by atoms with Crippen molar-refractivity contribution in [3.8, 4) is 5.75 Å². The minimum atomic E-state index is -0.609. The van der Waals surface area contributed by atoms with Crippen LogP contribution in [0.3, 0.4) is 0 Å². The quantitative estimate of drug-likeness (QED) is 0.897. The molecule has 1 amide bonds. The summed E-state index contributed by atoms with van der Waals surface area (Å²) in [5.41, 5.74) is 1.01. The van der Waals surface area contributed by atoms with E-state index in [1.807, 2.05) is 24.3 Å². The smallest absolute Gasteiger partial charge is 0.254 e. The molecule has 0 bridgehead atoms. The minimum Gasteiger partial charge on any atom is -0.495 e. The van der Waals surface area contributed by atoms with Crippen LogP contribution in [0.4, 0.5) is 10.1 Å². The highest BCUT2D eigenvalue weighted by Gasteiger charge is 2.24. The largest absolute Gasteiger partial charge is 0.495 e. The van der Waals surface area contributed by atoms with Gasteiger partial charge in [-0.25, -0.2) is 4.39 Å². The van der Waals surface area contributed by atoms with Crippen molar-refractivity contribution in [2.24, 2.45) is 0 Å². The lowest BCUT2D eigenvalue weighted by Crippen LogP contribution is -2.48. The van der Waals surface area contributed by atoms with Crippen molar-refractivity contribution in [3.05, 3.63) is 58.9 Å². The molecule has 1 saturated heterocycles. The summed E-state index contributed by atoms with van der Waals surface area (Å²) in [7, 11) is 1.64. The number of hydrogen-bond donors (Lipinski definition) is 1. The Bertz CT molecular complexity index is 769. The highest BCUT2D eigenvalue weighted by molar-refractivity contribution is 6.30. The van der Waals surface area contributed by atoms with Gasteiger partial charge in [-0.3, -0.25) is 4.79 Å². The third-order valence-electron chi connectivity index (χ3n) is 4.36. The molecule has 1 aliphatic heterocycles. The van der Waals surface area contributed by atoms with Crippen LogP contribution < -0.4 is 15.0 Å². The first-order valence-corrected chi connectivity index (χ1v) is 8.60. The van der Waals surface area contributed by atoms with Crippen LogP contribution in [-0.4, -0.2) is 32.1 Å². The summed E-state index contributed by atoms with van der Waals surface area (Å²) in [6.07, 6.45) is 1.79. The van der Waals surface area contributed by atoms with Gasteiger partial charge in [-0.05, 0) is 43.2 Å². The molecule has 3 rings (SSSR count). The zero-order valence-electron chi connectivity index (χ0n) is 14.0. The molecule has 2 aromatic carbocycles. The van der Waals surface area contributed by atoms with Gasteiger partial charge in [-0.2, -0.15) is 0 Å². The van der Waals surface area contributed by atoms with Crippen LogP contribution >= 0.6 is 11.6 Å². The summed E-state index contributed by atoms with van der Waals surface area (Å²) >= 11 is 5.74. The van der Waals surface area contributed by atoms with Gasteiger partial charge in [0.05, 0.1) is 18.4 Å². The van der Waals surface area contributed by atoms with Crippen molar-refractivity contribution in [1.29, 1.82) is 0 Å². The van der Waals surface area contributed by atoms with Gasteiger partial charge in [0.1, 0.15) is 11.6 Å². The molecule has 2 aromatic rings. The maximum absolute atomic E-state index is 13.9. The van der Waals surface area contributed by atoms with Crippen LogP contribution in [0.2, 0.25) is 5.02 Å². The number of halogens is 2. The minimum absolute atomic E-state index is 0.0128. The standard InChI is InChI=1S/C19H20ClFN2O2/c1-25-18-7-3-2-6-17(18)23-10-4-5-14(12-23)22-19(24)15-9-8-13(20)11-16(15)21/h2-3,6-9,11,14H,4-5,10,12H2,1H3,(H,22,24). The van der Waals surface area contributed by atoms with E-state index in [9.17, 15) is 9.18 Å². The Kier molecular flexibility index (Phi) is 5.43. The van der Waals surface area contributed by atoms with Gasteiger partial charge in [0, 0.05) is 24.2 Å². The van der Waals surface area contributed by atoms with E-state index in [-0.39, 0.29) is 16.6 Å². The molecule has 0 saturated carbocycles. The fraction of sp³-hybridized carbons (Fsp3) is 0.316. The van der Waals surface area contributed by atoms with E-state index in [1.165, 1.54) is 12.1 Å². The number of amides is 1. The van der Waals surface area contributed by atoms with Crippen molar-refractivity contribution in [2.45, 2.75) is 18.9 Å². The predicted molar refractivity (Wildman–Crippen MR) is 97.1 cm³/mol. The molecule has 6 heteroatoms. The fourth-order valence-corrected chi connectivity index (χ4v) is 3.30. The molecule has 0 aliphatic carbocycles. The summed E-state index contributed by atoms with van der Waals surface area (Å²) in [6, 6.07) is 11.8. The number of carbonyl (C=O) groups is 1. The Morgan fingerprint density at radius 1 is 1.32 bits per heavy atom. The molecule has 1 fully saturated rings. The average Bonchev–Trinajstić information content (AvgIpc) is 2.61. The number of anilines is 1. The Morgan fingerprint density at radius 2 is 2.12 bits per heavy atom. The van der Waals surface area contributed by atoms with Crippen LogP contribution in [0.15, 0.2) is 42.5 Å². The number of rotatable bonds is 4. The number of hydrogen-bond acceptors (Lipinski definition) is 3. The van der Waals surface area contributed by atoms with Crippen LogP contribution in [0, 0.1) is 5.82 Å². The molecular weight excluding hydrogens is 343 g/mol. The summed E-state index contributed by atoms with van der Waals surface area (Å²) in [4.78, 5) is 14.6. The fourth-order valence-electron chi connectivity index (χ4n) is 3.14. The molecule has 1 unspecified atom stereocenters. The topological polar surface area (TPSA) is 41.6 Å². The zero-order chi connectivity index (χ0) is 17.8. The number of ether oxygens (including phenoxy) is 1. The van der Waals surface area contributed by atoms with E-state index in [4.69, 9.17) is 16.3 Å². The molecule has 0 aromatic heterocycles. The number of nitrogens with one attached hydrogen (secondary N) is 1. The maximum Gasteiger partial charge on any atom is 0.254 e. The molecule has 1 atom stereocenters. The summed E-state index contributed by atoms with van der Waals surface area (Å²) in [6.45, 7) is 1.55. The molecular formula is C19H20ClFN2O2. The molecule has 1 aliphatic rings. The van der Waals surface area contributed by atoms with Gasteiger partial charge in [0.2, 0.25) is 0 Å².